The molecule has 4 nitrogen and oxygen atoms in total. The Hall–Kier alpha value is -0.970. The van der Waals surface area contributed by atoms with Crippen LogP contribution in [0.5, 0.6) is 0 Å². The van der Waals surface area contributed by atoms with Gasteiger partial charge in [0.25, 0.3) is 0 Å². The first-order chi connectivity index (χ1) is 9.63. The van der Waals surface area contributed by atoms with Gasteiger partial charge in [-0.05, 0) is 62.9 Å². The number of aromatic nitrogens is 1. The van der Waals surface area contributed by atoms with E-state index in [0.717, 1.165) is 32.4 Å². The van der Waals surface area contributed by atoms with Gasteiger partial charge in [0.05, 0.1) is 6.10 Å². The number of nitrogens with two attached hydrogens (primary N) is 1. The number of piperidine rings is 1. The van der Waals surface area contributed by atoms with Crippen molar-refractivity contribution in [2.45, 2.75) is 51.3 Å². The first-order valence-corrected chi connectivity index (χ1v) is 7.71. The number of aliphatic hydroxyl groups excluding tert-OH is 1. The Morgan fingerprint density at radius 2 is 1.95 bits per heavy atom. The number of pyridine rings is 1. The van der Waals surface area contributed by atoms with Crippen molar-refractivity contribution in [1.82, 2.24) is 9.88 Å². The summed E-state index contributed by atoms with van der Waals surface area (Å²) in [4.78, 5) is 6.58. The maximum atomic E-state index is 9.72. The molecule has 3 unspecified atom stereocenters. The van der Waals surface area contributed by atoms with E-state index in [4.69, 9.17) is 5.73 Å². The highest BCUT2D eigenvalue weighted by molar-refractivity contribution is 5.17. The average Bonchev–Trinajstić information content (AvgIpc) is 2.49. The van der Waals surface area contributed by atoms with Crippen LogP contribution in [0.15, 0.2) is 24.5 Å². The zero-order chi connectivity index (χ0) is 14.5. The predicted molar refractivity (Wildman–Crippen MR) is 81.2 cm³/mol. The van der Waals surface area contributed by atoms with Gasteiger partial charge in [0.2, 0.25) is 0 Å². The second-order valence-corrected chi connectivity index (χ2v) is 5.91. The van der Waals surface area contributed by atoms with Crippen LogP contribution in [0, 0.1) is 5.92 Å². The first kappa shape index (κ1) is 15.4. The minimum atomic E-state index is -0.198. The molecule has 0 bridgehead atoms. The van der Waals surface area contributed by atoms with Gasteiger partial charge in [0, 0.05) is 24.5 Å². The van der Waals surface area contributed by atoms with Gasteiger partial charge >= 0.3 is 0 Å². The molecule has 0 radical (unpaired) electrons. The number of hydrogen-bond donors (Lipinski definition) is 2. The van der Waals surface area contributed by atoms with Gasteiger partial charge in [-0.25, -0.2) is 0 Å². The van der Waals surface area contributed by atoms with E-state index >= 15 is 0 Å². The van der Waals surface area contributed by atoms with Gasteiger partial charge < -0.3 is 10.8 Å². The summed E-state index contributed by atoms with van der Waals surface area (Å²) in [6.07, 6.45) is 6.55. The number of nitrogens with zero attached hydrogens (tertiary/aromatic N) is 2. The molecular weight excluding hydrogens is 250 g/mol. The molecule has 1 fully saturated rings. The molecule has 2 rings (SSSR count). The maximum absolute atomic E-state index is 9.72. The smallest absolute Gasteiger partial charge is 0.0541 e. The molecule has 0 saturated carbocycles. The normalized spacial score (nSPS) is 22.4. The first-order valence-electron chi connectivity index (χ1n) is 7.71. The van der Waals surface area contributed by atoms with E-state index in [1.54, 1.807) is 0 Å². The van der Waals surface area contributed by atoms with Crippen molar-refractivity contribution in [1.29, 1.82) is 0 Å². The molecule has 20 heavy (non-hydrogen) atoms. The highest BCUT2D eigenvalue weighted by Crippen LogP contribution is 2.30. The van der Waals surface area contributed by atoms with E-state index in [1.165, 1.54) is 5.56 Å². The molecule has 0 spiro atoms. The number of aliphatic hydroxyl groups is 1. The molecule has 1 aliphatic heterocycles. The summed E-state index contributed by atoms with van der Waals surface area (Å²) in [6, 6.07) is 4.54. The molecule has 2 heterocycles. The fourth-order valence-electron chi connectivity index (χ4n) is 3.19. The second-order valence-electron chi connectivity index (χ2n) is 5.91. The zero-order valence-electron chi connectivity index (χ0n) is 12.6. The van der Waals surface area contributed by atoms with Crippen molar-refractivity contribution >= 4 is 0 Å². The zero-order valence-corrected chi connectivity index (χ0v) is 12.6. The molecule has 3 atom stereocenters. The van der Waals surface area contributed by atoms with Gasteiger partial charge in [0.1, 0.15) is 0 Å². The highest BCUT2D eigenvalue weighted by Gasteiger charge is 2.30. The minimum Gasteiger partial charge on any atom is -0.393 e. The lowest BCUT2D eigenvalue weighted by atomic mass is 9.89. The Morgan fingerprint density at radius 1 is 1.35 bits per heavy atom. The molecule has 0 aromatic carbocycles. The van der Waals surface area contributed by atoms with Gasteiger partial charge in [-0.15, -0.1) is 0 Å². The van der Waals surface area contributed by atoms with Crippen LogP contribution < -0.4 is 5.73 Å². The summed E-state index contributed by atoms with van der Waals surface area (Å²) < 4.78 is 0. The maximum Gasteiger partial charge on any atom is 0.0541 e. The van der Waals surface area contributed by atoms with Crippen LogP contribution in [0.4, 0.5) is 0 Å². The minimum absolute atomic E-state index is 0.139. The van der Waals surface area contributed by atoms with Crippen LogP contribution >= 0.6 is 0 Å². The van der Waals surface area contributed by atoms with Crippen LogP contribution in [-0.4, -0.2) is 40.2 Å². The van der Waals surface area contributed by atoms with Gasteiger partial charge in [-0.1, -0.05) is 6.92 Å². The molecule has 4 heteroatoms. The van der Waals surface area contributed by atoms with E-state index in [9.17, 15) is 5.11 Å². The topological polar surface area (TPSA) is 62.4 Å². The largest absolute Gasteiger partial charge is 0.393 e. The van der Waals surface area contributed by atoms with Crippen LogP contribution in [0.1, 0.15) is 44.7 Å². The van der Waals surface area contributed by atoms with Gasteiger partial charge in [-0.2, -0.15) is 0 Å². The predicted octanol–water partition coefficient (Wildman–Crippen LogP) is 1.95. The van der Waals surface area contributed by atoms with Crippen LogP contribution in [0.25, 0.3) is 0 Å². The Kier molecular flexibility index (Phi) is 5.52. The molecule has 0 aliphatic carbocycles. The van der Waals surface area contributed by atoms with Gasteiger partial charge in [0.15, 0.2) is 0 Å². The van der Waals surface area contributed by atoms with Crippen molar-refractivity contribution in [3.05, 3.63) is 30.1 Å². The van der Waals surface area contributed by atoms with Crippen molar-refractivity contribution < 1.29 is 5.11 Å². The van der Waals surface area contributed by atoms with Crippen molar-refractivity contribution in [3.63, 3.8) is 0 Å². The lowest BCUT2D eigenvalue weighted by molar-refractivity contribution is 0.0495. The van der Waals surface area contributed by atoms with E-state index in [1.807, 2.05) is 19.3 Å². The third-order valence-electron chi connectivity index (χ3n) is 4.57. The Balaban J connectivity index is 2.09. The van der Waals surface area contributed by atoms with E-state index in [-0.39, 0.29) is 18.2 Å². The van der Waals surface area contributed by atoms with Gasteiger partial charge in [-0.3, -0.25) is 9.88 Å². The summed E-state index contributed by atoms with van der Waals surface area (Å²) in [6.45, 7) is 6.06. The fourth-order valence-corrected chi connectivity index (χ4v) is 3.19. The molecular formula is C16H27N3O. The lowest BCUT2D eigenvalue weighted by Crippen LogP contribution is -2.45. The quantitative estimate of drug-likeness (QED) is 0.863. The third kappa shape index (κ3) is 3.57. The van der Waals surface area contributed by atoms with E-state index in [2.05, 4.69) is 28.9 Å². The molecule has 1 aromatic rings. The summed E-state index contributed by atoms with van der Waals surface area (Å²) in [5.74, 6) is 0.433. The monoisotopic (exact) mass is 277 g/mol. The highest BCUT2D eigenvalue weighted by atomic mass is 16.3. The summed E-state index contributed by atoms with van der Waals surface area (Å²) in [5.41, 5.74) is 7.62. The van der Waals surface area contributed by atoms with Crippen molar-refractivity contribution in [2.24, 2.45) is 11.7 Å². The average molecular weight is 277 g/mol. The SMILES string of the molecule is CCC(N)C(c1ccncc1)N1CCC(C(C)O)CC1. The molecule has 1 aromatic heterocycles. The summed E-state index contributed by atoms with van der Waals surface area (Å²) in [5, 5.41) is 9.72. The molecule has 112 valence electrons. The van der Waals surface area contributed by atoms with E-state index < -0.39 is 0 Å². The Labute approximate surface area is 122 Å². The van der Waals surface area contributed by atoms with Crippen LogP contribution in [0.3, 0.4) is 0 Å². The number of likely N-dealkylation sites (tertiary alicyclic amines) is 1. The number of rotatable bonds is 5. The van der Waals surface area contributed by atoms with E-state index in [0.29, 0.717) is 5.92 Å². The second kappa shape index (κ2) is 7.16. The standard InChI is InChI=1S/C16H27N3O/c1-3-15(17)16(14-4-8-18-9-5-14)19-10-6-13(7-11-19)12(2)20/h4-5,8-9,12-13,15-16,20H,3,6-7,10-11,17H2,1-2H3. The van der Waals surface area contributed by atoms with Crippen molar-refractivity contribution in [2.75, 3.05) is 13.1 Å². The molecule has 1 saturated heterocycles. The Bertz CT molecular complexity index is 388. The van der Waals surface area contributed by atoms with Crippen molar-refractivity contribution in [3.8, 4) is 0 Å². The van der Waals surface area contributed by atoms with Crippen LogP contribution in [0.2, 0.25) is 0 Å². The molecule has 0 amide bonds. The number of hydrogen-bond acceptors (Lipinski definition) is 4. The molecule has 3 N–H and O–H groups in total. The van der Waals surface area contributed by atoms with Crippen LogP contribution in [-0.2, 0) is 0 Å². The summed E-state index contributed by atoms with van der Waals surface area (Å²) in [7, 11) is 0. The third-order valence-corrected chi connectivity index (χ3v) is 4.57. The Morgan fingerprint density at radius 3 is 2.45 bits per heavy atom. The lowest BCUT2D eigenvalue weighted by Gasteiger charge is -2.40. The summed E-state index contributed by atoms with van der Waals surface area (Å²) >= 11 is 0. The fraction of sp³-hybridized carbons (Fsp3) is 0.688. The molecule has 1 aliphatic rings.